The third-order valence-electron chi connectivity index (χ3n) is 11.9. The van der Waals surface area contributed by atoms with Crippen molar-refractivity contribution in [2.24, 2.45) is 0 Å². The number of hydrogen-bond donors (Lipinski definition) is 4. The summed E-state index contributed by atoms with van der Waals surface area (Å²) in [6.45, 7) is 4.01. The number of carbonyl (C=O) groups excluding carboxylic acids is 1. The van der Waals surface area contributed by atoms with Crippen molar-refractivity contribution in [3.63, 3.8) is 0 Å². The second-order valence-corrected chi connectivity index (χ2v) is 18.8. The smallest absolute Gasteiger partial charge is 0.397 e. The summed E-state index contributed by atoms with van der Waals surface area (Å²) in [7, 11) is -5.06. The summed E-state index contributed by atoms with van der Waals surface area (Å²) < 4.78 is 59.2. The topological polar surface area (TPSA) is 178 Å². The Morgan fingerprint density at radius 3 is 1.45 bits per heavy atom. The molecule has 0 radical (unpaired) electrons. The third-order valence-corrected chi connectivity index (χ3v) is 12.4. The molecule has 13 heteroatoms. The number of carbonyl (C=O) groups is 1. The number of esters is 1. The van der Waals surface area contributed by atoms with Gasteiger partial charge < -0.3 is 34.3 Å². The molecule has 0 saturated carbocycles. The number of aliphatic hydroxyl groups excluding tert-OH is 3. The van der Waals surface area contributed by atoms with E-state index in [1.54, 1.807) is 0 Å². The lowest BCUT2D eigenvalue weighted by atomic mass is 9.99. The van der Waals surface area contributed by atoms with Crippen molar-refractivity contribution in [3.8, 4) is 0 Å². The molecule has 6 unspecified atom stereocenters. The van der Waals surface area contributed by atoms with Gasteiger partial charge in [0.2, 0.25) is 0 Å². The Bertz CT molecular complexity index is 1140. The number of aliphatic hydroxyl groups is 3. The third kappa shape index (κ3) is 34.2. The molecule has 1 aliphatic rings. The van der Waals surface area contributed by atoms with Crippen LogP contribution in [0.3, 0.4) is 0 Å². The van der Waals surface area contributed by atoms with Gasteiger partial charge in [0.05, 0.1) is 19.8 Å². The van der Waals surface area contributed by atoms with Gasteiger partial charge in [-0.15, -0.1) is 0 Å². The Morgan fingerprint density at radius 1 is 0.597 bits per heavy atom. The van der Waals surface area contributed by atoms with Crippen LogP contribution in [-0.4, -0.2) is 97.5 Å². The average molecular weight is 907 g/mol. The first kappa shape index (κ1) is 58.9. The second-order valence-electron chi connectivity index (χ2n) is 17.8. The quantitative estimate of drug-likeness (QED) is 0.0197. The summed E-state index contributed by atoms with van der Waals surface area (Å²) >= 11 is 0. The first-order valence-corrected chi connectivity index (χ1v) is 26.8. The number of ether oxygens (including phenoxy) is 4. The molecule has 12 nitrogen and oxygen atoms in total. The maximum absolute atomic E-state index is 12.9. The van der Waals surface area contributed by atoms with Crippen molar-refractivity contribution < 1.29 is 56.2 Å². The molecule has 1 aliphatic heterocycles. The Morgan fingerprint density at radius 2 is 1.02 bits per heavy atom. The van der Waals surface area contributed by atoms with Crippen molar-refractivity contribution in [1.82, 2.24) is 0 Å². The van der Waals surface area contributed by atoms with Crippen LogP contribution >= 0.6 is 0 Å². The van der Waals surface area contributed by atoms with Crippen LogP contribution in [0.4, 0.5) is 0 Å². The normalized spacial score (nSPS) is 20.0. The first-order chi connectivity index (χ1) is 30.1. The maximum Gasteiger partial charge on any atom is 0.397 e. The van der Waals surface area contributed by atoms with Crippen molar-refractivity contribution in [2.45, 2.75) is 269 Å². The Hall–Kier alpha value is -1.16. The first-order valence-electron chi connectivity index (χ1n) is 25.4. The van der Waals surface area contributed by atoms with Crippen LogP contribution in [0.2, 0.25) is 0 Å². The lowest BCUT2D eigenvalue weighted by Gasteiger charge is -2.41. The monoisotopic (exact) mass is 907 g/mol. The van der Waals surface area contributed by atoms with Gasteiger partial charge in [0, 0.05) is 13.0 Å². The molecule has 1 heterocycles. The zero-order valence-corrected chi connectivity index (χ0v) is 40.3. The minimum absolute atomic E-state index is 0.0375. The highest BCUT2D eigenvalue weighted by Crippen LogP contribution is 2.26. The Balaban J connectivity index is 2.35. The summed E-state index contributed by atoms with van der Waals surface area (Å²) in [5.41, 5.74) is 0. The van der Waals surface area contributed by atoms with Crippen LogP contribution in [0, 0.1) is 0 Å². The average Bonchev–Trinajstić information content (AvgIpc) is 3.24. The fraction of sp³-hybridized carbons (Fsp3) is 0.939. The molecular weight excluding hydrogens is 813 g/mol. The summed E-state index contributed by atoms with van der Waals surface area (Å²) in [6.07, 6.45) is 36.7. The molecule has 0 spiro atoms. The molecule has 368 valence electrons. The standard InChI is InChI=1S/C49H94O12S/c1-3-5-7-9-11-13-15-17-19-20-21-22-23-24-26-28-30-32-34-36-38-45(51)59-43(42-58-49-47(53)48(61-62(54,55)56)46(52)44(40-50)60-49)41-57-39-37-35-33-31-29-27-25-18-16-14-12-10-8-6-4-2/h16,18,43-44,46-50,52-53H,3-15,17,19-42H2,1-2H3,(H,54,55,56)/b18-16-. The fourth-order valence-electron chi connectivity index (χ4n) is 8.02. The molecule has 0 aromatic heterocycles. The highest BCUT2D eigenvalue weighted by molar-refractivity contribution is 7.80. The molecule has 0 bridgehead atoms. The minimum Gasteiger partial charge on any atom is -0.457 e. The lowest BCUT2D eigenvalue weighted by molar-refractivity contribution is -0.301. The van der Waals surface area contributed by atoms with Crippen LogP contribution in [0.15, 0.2) is 12.2 Å². The van der Waals surface area contributed by atoms with Crippen molar-refractivity contribution in [2.75, 3.05) is 26.4 Å². The van der Waals surface area contributed by atoms with E-state index >= 15 is 0 Å². The number of allylic oxidation sites excluding steroid dienone is 2. The highest BCUT2D eigenvalue weighted by atomic mass is 32.3. The maximum atomic E-state index is 12.9. The zero-order chi connectivity index (χ0) is 45.4. The molecular formula is C49H94O12S. The zero-order valence-electron chi connectivity index (χ0n) is 39.5. The van der Waals surface area contributed by atoms with Crippen LogP contribution in [-0.2, 0) is 38.3 Å². The van der Waals surface area contributed by atoms with E-state index in [1.165, 1.54) is 161 Å². The molecule has 0 aromatic carbocycles. The van der Waals surface area contributed by atoms with E-state index in [4.69, 9.17) is 18.9 Å². The molecule has 6 atom stereocenters. The molecule has 62 heavy (non-hydrogen) atoms. The fourth-order valence-corrected chi connectivity index (χ4v) is 8.53. The largest absolute Gasteiger partial charge is 0.457 e. The summed E-state index contributed by atoms with van der Waals surface area (Å²) in [4.78, 5) is 12.9. The van der Waals surface area contributed by atoms with Gasteiger partial charge in [-0.25, -0.2) is 4.18 Å². The van der Waals surface area contributed by atoms with Crippen molar-refractivity contribution in [1.29, 1.82) is 0 Å². The van der Waals surface area contributed by atoms with Crippen LogP contribution in [0.1, 0.15) is 232 Å². The van der Waals surface area contributed by atoms with Gasteiger partial charge in [0.1, 0.15) is 30.5 Å². The van der Waals surface area contributed by atoms with Crippen LogP contribution < -0.4 is 0 Å². The summed E-state index contributed by atoms with van der Waals surface area (Å²) in [5, 5.41) is 30.7. The molecule has 0 aliphatic carbocycles. The van der Waals surface area contributed by atoms with Gasteiger partial charge in [-0.3, -0.25) is 9.35 Å². The van der Waals surface area contributed by atoms with Gasteiger partial charge in [0.15, 0.2) is 6.29 Å². The molecule has 1 fully saturated rings. The van der Waals surface area contributed by atoms with Gasteiger partial charge in [-0.1, -0.05) is 199 Å². The van der Waals surface area contributed by atoms with Gasteiger partial charge in [-0.2, -0.15) is 8.42 Å². The van der Waals surface area contributed by atoms with E-state index in [1.807, 2.05) is 0 Å². The van der Waals surface area contributed by atoms with Crippen molar-refractivity contribution in [3.05, 3.63) is 12.2 Å². The van der Waals surface area contributed by atoms with E-state index in [9.17, 15) is 33.1 Å². The Labute approximate surface area is 379 Å². The number of rotatable bonds is 45. The van der Waals surface area contributed by atoms with E-state index in [2.05, 4.69) is 30.2 Å². The molecule has 0 aromatic rings. The van der Waals surface area contributed by atoms with E-state index in [0.717, 1.165) is 44.9 Å². The number of hydrogen-bond acceptors (Lipinski definition) is 11. The molecule has 1 saturated heterocycles. The Kier molecular flexibility index (Phi) is 39.2. The van der Waals surface area contributed by atoms with E-state index in [0.29, 0.717) is 13.0 Å². The molecule has 4 N–H and O–H groups in total. The SMILES string of the molecule is CCCCCCC/C=C\CCCCCCCCOCC(COC1OC(CO)C(O)C(OS(=O)(=O)O)C1O)OC(=O)CCCCCCCCCCCCCCCCCCCCCC. The minimum atomic E-state index is -5.06. The van der Waals surface area contributed by atoms with Crippen LogP contribution in [0.25, 0.3) is 0 Å². The van der Waals surface area contributed by atoms with Gasteiger partial charge in [0.25, 0.3) is 0 Å². The van der Waals surface area contributed by atoms with Crippen LogP contribution in [0.5, 0.6) is 0 Å². The summed E-state index contributed by atoms with van der Waals surface area (Å²) in [5.74, 6) is -0.396. The van der Waals surface area contributed by atoms with Gasteiger partial charge in [-0.05, 0) is 38.5 Å². The van der Waals surface area contributed by atoms with Crippen molar-refractivity contribution >= 4 is 16.4 Å². The summed E-state index contributed by atoms with van der Waals surface area (Å²) in [6, 6.07) is 0. The predicted octanol–water partition coefficient (Wildman–Crippen LogP) is 11.4. The second kappa shape index (κ2) is 41.3. The number of unbranched alkanes of at least 4 members (excludes halogenated alkanes) is 30. The highest BCUT2D eigenvalue weighted by Gasteiger charge is 2.48. The molecule has 1 rings (SSSR count). The van der Waals surface area contributed by atoms with Gasteiger partial charge >= 0.3 is 16.4 Å². The molecule has 0 amide bonds. The van der Waals surface area contributed by atoms with E-state index in [-0.39, 0.29) is 19.6 Å². The predicted molar refractivity (Wildman–Crippen MR) is 248 cm³/mol. The lowest BCUT2D eigenvalue weighted by Crippen LogP contribution is -2.60. The van der Waals surface area contributed by atoms with E-state index < -0.39 is 59.8 Å².